The highest BCUT2D eigenvalue weighted by atomic mass is 35.5. The Bertz CT molecular complexity index is 1030. The average molecular weight is 454 g/mol. The first-order valence-electron chi connectivity index (χ1n) is 11.2. The third-order valence-corrected chi connectivity index (χ3v) is 6.81. The summed E-state index contributed by atoms with van der Waals surface area (Å²) in [5.74, 6) is -0.361. The molecule has 2 aromatic carbocycles. The molecule has 0 radical (unpaired) electrons. The van der Waals surface area contributed by atoms with Crippen molar-refractivity contribution in [3.63, 3.8) is 0 Å². The number of fused-ring (bicyclic) bond motifs is 2. The Morgan fingerprint density at radius 2 is 1.81 bits per heavy atom. The zero-order valence-electron chi connectivity index (χ0n) is 18.4. The molecule has 7 heteroatoms. The lowest BCUT2D eigenvalue weighted by Crippen LogP contribution is -2.55. The van der Waals surface area contributed by atoms with Gasteiger partial charge in [-0.25, -0.2) is 0 Å². The van der Waals surface area contributed by atoms with E-state index in [1.54, 1.807) is 11.0 Å². The molecule has 6 nitrogen and oxygen atoms in total. The van der Waals surface area contributed by atoms with Crippen molar-refractivity contribution >= 4 is 35.0 Å². The molecule has 32 heavy (non-hydrogen) atoms. The summed E-state index contributed by atoms with van der Waals surface area (Å²) < 4.78 is 0. The minimum absolute atomic E-state index is 0.0202. The van der Waals surface area contributed by atoms with E-state index in [0.29, 0.717) is 35.7 Å². The van der Waals surface area contributed by atoms with E-state index in [9.17, 15) is 14.4 Å². The number of carbonyl (C=O) groups is 3. The molecule has 0 bridgehead atoms. The summed E-state index contributed by atoms with van der Waals surface area (Å²) >= 11 is 5.99. The van der Waals surface area contributed by atoms with Gasteiger partial charge in [-0.05, 0) is 61.1 Å². The highest BCUT2D eigenvalue weighted by Crippen LogP contribution is 2.32. The molecule has 0 unspecified atom stereocenters. The Kier molecular flexibility index (Phi) is 6.51. The fourth-order valence-electron chi connectivity index (χ4n) is 4.59. The number of nitrogens with zero attached hydrogens (tertiary/aromatic N) is 1. The van der Waals surface area contributed by atoms with Crippen LogP contribution in [0.4, 0.5) is 5.69 Å². The van der Waals surface area contributed by atoms with Gasteiger partial charge in [0.1, 0.15) is 6.04 Å². The summed E-state index contributed by atoms with van der Waals surface area (Å²) in [6.45, 7) is 4.43. The van der Waals surface area contributed by atoms with Gasteiger partial charge in [-0.2, -0.15) is 0 Å². The zero-order chi connectivity index (χ0) is 22.8. The van der Waals surface area contributed by atoms with E-state index in [0.717, 1.165) is 24.0 Å². The maximum atomic E-state index is 13.4. The largest absolute Gasteiger partial charge is 0.353 e. The number of nitrogens with one attached hydrogen (secondary N) is 2. The summed E-state index contributed by atoms with van der Waals surface area (Å²) in [5.41, 5.74) is 2.83. The Labute approximate surface area is 193 Å². The number of carbonyl (C=O) groups excluding carboxylic acids is 3. The fourth-order valence-corrected chi connectivity index (χ4v) is 4.72. The van der Waals surface area contributed by atoms with E-state index in [4.69, 9.17) is 11.6 Å². The van der Waals surface area contributed by atoms with Crippen molar-refractivity contribution in [2.45, 2.75) is 51.6 Å². The number of rotatable bonds is 5. The number of benzene rings is 2. The molecule has 2 aliphatic rings. The molecule has 2 atom stereocenters. The maximum Gasteiger partial charge on any atom is 0.256 e. The van der Waals surface area contributed by atoms with Crippen LogP contribution in [0, 0.1) is 5.92 Å². The van der Waals surface area contributed by atoms with Crippen molar-refractivity contribution in [1.82, 2.24) is 10.2 Å². The van der Waals surface area contributed by atoms with Crippen LogP contribution in [0.2, 0.25) is 5.02 Å². The van der Waals surface area contributed by atoms with Gasteiger partial charge in [0.2, 0.25) is 11.8 Å². The second-order valence-electron chi connectivity index (χ2n) is 8.51. The van der Waals surface area contributed by atoms with Crippen LogP contribution in [0.25, 0.3) is 11.1 Å². The first kappa shape index (κ1) is 22.3. The molecule has 0 aromatic heterocycles. The first-order valence-corrected chi connectivity index (χ1v) is 11.6. The summed E-state index contributed by atoms with van der Waals surface area (Å²) in [5, 5.41) is 6.67. The number of hydrogen-bond acceptors (Lipinski definition) is 3. The first-order chi connectivity index (χ1) is 15.4. The van der Waals surface area contributed by atoms with Crippen LogP contribution in [0.3, 0.4) is 0 Å². The van der Waals surface area contributed by atoms with Gasteiger partial charge in [-0.1, -0.05) is 43.6 Å². The lowest BCUT2D eigenvalue weighted by atomic mass is 9.94. The summed E-state index contributed by atoms with van der Waals surface area (Å²) in [4.78, 5) is 40.6. The SMILES string of the molecule is CCC(CC)C(=O)N[C@H]1CCN2C(=O)c3cc(-c4ccc(Cl)cc4)ccc3NC(=O)[C@@H]2C1. The fraction of sp³-hybridized carbons (Fsp3) is 0.400. The molecule has 0 aliphatic carbocycles. The maximum absolute atomic E-state index is 13.4. The van der Waals surface area contributed by atoms with Gasteiger partial charge in [-0.3, -0.25) is 14.4 Å². The predicted octanol–water partition coefficient (Wildman–Crippen LogP) is 4.48. The van der Waals surface area contributed by atoms with Crippen LogP contribution in [-0.4, -0.2) is 41.2 Å². The number of hydrogen-bond donors (Lipinski definition) is 2. The van der Waals surface area contributed by atoms with Crippen molar-refractivity contribution in [1.29, 1.82) is 0 Å². The molecule has 0 spiro atoms. The lowest BCUT2D eigenvalue weighted by molar-refractivity contribution is -0.127. The lowest BCUT2D eigenvalue weighted by Gasteiger charge is -2.37. The number of amides is 3. The molecule has 0 saturated carbocycles. The Hall–Kier alpha value is -2.86. The monoisotopic (exact) mass is 453 g/mol. The van der Waals surface area contributed by atoms with Gasteiger partial charge in [0.15, 0.2) is 0 Å². The number of anilines is 1. The van der Waals surface area contributed by atoms with Gasteiger partial charge in [0.25, 0.3) is 5.91 Å². The Morgan fingerprint density at radius 1 is 1.12 bits per heavy atom. The number of piperidine rings is 1. The minimum atomic E-state index is -0.602. The second-order valence-corrected chi connectivity index (χ2v) is 8.95. The van der Waals surface area contributed by atoms with E-state index in [-0.39, 0.29) is 29.7 Å². The van der Waals surface area contributed by atoms with Gasteiger partial charge in [0, 0.05) is 23.5 Å². The van der Waals surface area contributed by atoms with E-state index < -0.39 is 6.04 Å². The Balaban J connectivity index is 1.55. The highest BCUT2D eigenvalue weighted by Gasteiger charge is 2.40. The van der Waals surface area contributed by atoms with E-state index in [1.807, 2.05) is 50.2 Å². The predicted molar refractivity (Wildman–Crippen MR) is 126 cm³/mol. The van der Waals surface area contributed by atoms with Crippen LogP contribution < -0.4 is 10.6 Å². The van der Waals surface area contributed by atoms with Gasteiger partial charge in [0.05, 0.1) is 11.3 Å². The van der Waals surface area contributed by atoms with E-state index in [2.05, 4.69) is 10.6 Å². The van der Waals surface area contributed by atoms with Gasteiger partial charge in [-0.15, -0.1) is 0 Å². The normalized spacial score (nSPS) is 20.3. The molecular formula is C25H28ClN3O3. The standard InChI is InChI=1S/C25H28ClN3O3/c1-3-15(4-2)23(30)27-19-11-12-29-22(14-19)24(31)28-21-10-7-17(13-20(21)25(29)32)16-5-8-18(26)9-6-16/h5-10,13,15,19,22H,3-4,11-12,14H2,1-2H3,(H,27,30)(H,28,31)/t19-,22-/m0/s1. The summed E-state index contributed by atoms with van der Waals surface area (Å²) in [7, 11) is 0. The smallest absolute Gasteiger partial charge is 0.256 e. The molecule has 2 heterocycles. The van der Waals surface area contributed by atoms with Crippen molar-refractivity contribution in [2.24, 2.45) is 5.92 Å². The molecule has 2 aliphatic heterocycles. The van der Waals surface area contributed by atoms with Crippen LogP contribution >= 0.6 is 11.6 Å². The van der Waals surface area contributed by atoms with Gasteiger partial charge < -0.3 is 15.5 Å². The molecule has 3 amide bonds. The van der Waals surface area contributed by atoms with Crippen molar-refractivity contribution < 1.29 is 14.4 Å². The number of halogens is 1. The Morgan fingerprint density at radius 3 is 2.50 bits per heavy atom. The molecule has 1 fully saturated rings. The average Bonchev–Trinajstić information content (AvgIpc) is 2.89. The van der Waals surface area contributed by atoms with Crippen LogP contribution in [0.1, 0.15) is 49.9 Å². The molecule has 2 aromatic rings. The molecule has 168 valence electrons. The molecular weight excluding hydrogens is 426 g/mol. The van der Waals surface area contributed by atoms with Crippen molar-refractivity contribution in [2.75, 3.05) is 11.9 Å². The highest BCUT2D eigenvalue weighted by molar-refractivity contribution is 6.30. The van der Waals surface area contributed by atoms with Crippen molar-refractivity contribution in [3.8, 4) is 11.1 Å². The van der Waals surface area contributed by atoms with Crippen LogP contribution in [0.15, 0.2) is 42.5 Å². The third kappa shape index (κ3) is 4.37. The zero-order valence-corrected chi connectivity index (χ0v) is 19.1. The second kappa shape index (κ2) is 9.33. The van der Waals surface area contributed by atoms with E-state index in [1.165, 1.54) is 0 Å². The van der Waals surface area contributed by atoms with E-state index >= 15 is 0 Å². The summed E-state index contributed by atoms with van der Waals surface area (Å²) in [6, 6.07) is 12.2. The molecule has 1 saturated heterocycles. The van der Waals surface area contributed by atoms with Crippen LogP contribution in [-0.2, 0) is 9.59 Å². The van der Waals surface area contributed by atoms with Crippen LogP contribution in [0.5, 0.6) is 0 Å². The van der Waals surface area contributed by atoms with Gasteiger partial charge >= 0.3 is 0 Å². The third-order valence-electron chi connectivity index (χ3n) is 6.55. The molecule has 2 N–H and O–H groups in total. The molecule has 4 rings (SSSR count). The minimum Gasteiger partial charge on any atom is -0.353 e. The van der Waals surface area contributed by atoms with Crippen molar-refractivity contribution in [3.05, 3.63) is 53.1 Å². The summed E-state index contributed by atoms with van der Waals surface area (Å²) in [6.07, 6.45) is 2.62. The quantitative estimate of drug-likeness (QED) is 0.700. The topological polar surface area (TPSA) is 78.5 Å².